The quantitative estimate of drug-likeness (QED) is 0.304. The average Bonchev–Trinajstić information content (AvgIpc) is 2.75. The van der Waals surface area contributed by atoms with Gasteiger partial charge in [0.05, 0.1) is 14.2 Å². The van der Waals surface area contributed by atoms with Crippen molar-refractivity contribution in [3.05, 3.63) is 71.8 Å². The summed E-state index contributed by atoms with van der Waals surface area (Å²) in [6.07, 6.45) is 5.48. The lowest BCUT2D eigenvalue weighted by Gasteiger charge is -2.07. The number of methoxy groups -OCH3 is 2. The molecule has 0 fully saturated rings. The molecular weight excluding hydrogens is 372 g/mol. The second-order valence-corrected chi connectivity index (χ2v) is 5.60. The average molecular weight is 392 g/mol. The summed E-state index contributed by atoms with van der Waals surface area (Å²) in [5.74, 6) is 5.71. The van der Waals surface area contributed by atoms with E-state index in [0.717, 1.165) is 11.6 Å². The molecule has 0 unspecified atom stereocenters. The molecule has 0 heterocycles. The van der Waals surface area contributed by atoms with Gasteiger partial charge in [-0.2, -0.15) is 0 Å². The first-order chi connectivity index (χ1) is 14.0. The second kappa shape index (κ2) is 11.0. The van der Waals surface area contributed by atoms with E-state index in [1.807, 2.05) is 6.07 Å². The van der Waals surface area contributed by atoms with Gasteiger partial charge in [-0.05, 0) is 48.0 Å². The van der Waals surface area contributed by atoms with Gasteiger partial charge in [0.15, 0.2) is 11.5 Å². The van der Waals surface area contributed by atoms with E-state index in [0.29, 0.717) is 22.7 Å². The molecule has 0 aliphatic heterocycles. The Bertz CT molecular complexity index is 1000. The zero-order valence-corrected chi connectivity index (χ0v) is 15.9. The van der Waals surface area contributed by atoms with Gasteiger partial charge >= 0.3 is 0 Å². The number of hydrogen-bond acceptors (Lipinski definition) is 5. The summed E-state index contributed by atoms with van der Waals surface area (Å²) < 4.78 is 10.4. The van der Waals surface area contributed by atoms with Crippen molar-refractivity contribution in [1.29, 1.82) is 0 Å². The molecule has 7 heteroatoms. The van der Waals surface area contributed by atoms with Crippen LogP contribution in [-0.4, -0.2) is 31.2 Å². The van der Waals surface area contributed by atoms with E-state index in [9.17, 15) is 9.59 Å². The van der Waals surface area contributed by atoms with Gasteiger partial charge in [0.1, 0.15) is 0 Å². The fraction of sp³-hybridized carbons (Fsp3) is 0.0909. The highest BCUT2D eigenvalue weighted by atomic mass is 16.5. The Balaban J connectivity index is 2.02. The SMILES string of the molecule is COc1ccc(C=CC(=O)Nc2cccc(C#CC=CC(=O)NO)c2)cc1OC. The number of rotatable bonds is 6. The number of hydroxylamine groups is 1. The molecule has 0 aromatic heterocycles. The van der Waals surface area contributed by atoms with E-state index in [1.54, 1.807) is 56.7 Å². The van der Waals surface area contributed by atoms with Gasteiger partial charge in [0.2, 0.25) is 5.91 Å². The topological polar surface area (TPSA) is 96.9 Å². The summed E-state index contributed by atoms with van der Waals surface area (Å²) in [5, 5.41) is 11.1. The Kier molecular flexibility index (Phi) is 8.05. The number of nitrogens with one attached hydrogen (secondary N) is 2. The summed E-state index contributed by atoms with van der Waals surface area (Å²) in [7, 11) is 3.10. The Morgan fingerprint density at radius 3 is 2.52 bits per heavy atom. The zero-order chi connectivity index (χ0) is 21.1. The molecule has 0 atom stereocenters. The smallest absolute Gasteiger partial charge is 0.267 e. The highest BCUT2D eigenvalue weighted by molar-refractivity contribution is 6.02. The molecular formula is C22H20N2O5. The van der Waals surface area contributed by atoms with Crippen LogP contribution < -0.4 is 20.3 Å². The molecule has 148 valence electrons. The van der Waals surface area contributed by atoms with Crippen LogP contribution in [-0.2, 0) is 9.59 Å². The molecule has 0 saturated heterocycles. The maximum atomic E-state index is 12.2. The minimum Gasteiger partial charge on any atom is -0.493 e. The molecule has 0 radical (unpaired) electrons. The normalized spacial score (nSPS) is 10.3. The van der Waals surface area contributed by atoms with Crippen LogP contribution in [0.15, 0.2) is 60.7 Å². The lowest BCUT2D eigenvalue weighted by atomic mass is 10.2. The maximum absolute atomic E-state index is 12.2. The van der Waals surface area contributed by atoms with Crippen molar-refractivity contribution in [2.24, 2.45) is 0 Å². The minimum absolute atomic E-state index is 0.301. The fourth-order valence-corrected chi connectivity index (χ4v) is 2.27. The summed E-state index contributed by atoms with van der Waals surface area (Å²) >= 11 is 0. The number of allylic oxidation sites excluding steroid dienone is 1. The van der Waals surface area contributed by atoms with Crippen molar-refractivity contribution < 1.29 is 24.3 Å². The van der Waals surface area contributed by atoms with Crippen molar-refractivity contribution in [2.75, 3.05) is 19.5 Å². The van der Waals surface area contributed by atoms with Crippen LogP contribution in [0.25, 0.3) is 6.08 Å². The van der Waals surface area contributed by atoms with Gasteiger partial charge in [-0.3, -0.25) is 14.8 Å². The molecule has 29 heavy (non-hydrogen) atoms. The molecule has 2 aromatic carbocycles. The Hall–Kier alpha value is -4.02. The molecule has 7 nitrogen and oxygen atoms in total. The second-order valence-electron chi connectivity index (χ2n) is 5.60. The molecule has 0 bridgehead atoms. The molecule has 3 N–H and O–H groups in total. The van der Waals surface area contributed by atoms with E-state index >= 15 is 0 Å². The van der Waals surface area contributed by atoms with Crippen LogP contribution in [0.3, 0.4) is 0 Å². The van der Waals surface area contributed by atoms with Crippen molar-refractivity contribution in [3.63, 3.8) is 0 Å². The Morgan fingerprint density at radius 2 is 1.79 bits per heavy atom. The lowest BCUT2D eigenvalue weighted by Crippen LogP contribution is -2.14. The number of amides is 2. The number of ether oxygens (including phenoxy) is 2. The van der Waals surface area contributed by atoms with Crippen LogP contribution >= 0.6 is 0 Å². The first-order valence-electron chi connectivity index (χ1n) is 8.49. The summed E-state index contributed by atoms with van der Waals surface area (Å²) in [5.41, 5.74) is 3.49. The molecule has 0 aliphatic carbocycles. The van der Waals surface area contributed by atoms with E-state index in [4.69, 9.17) is 14.7 Å². The van der Waals surface area contributed by atoms with Crippen LogP contribution in [0.5, 0.6) is 11.5 Å². The van der Waals surface area contributed by atoms with E-state index in [1.165, 1.54) is 17.6 Å². The third kappa shape index (κ3) is 6.90. The van der Waals surface area contributed by atoms with Crippen LogP contribution in [0, 0.1) is 11.8 Å². The predicted molar refractivity (Wildman–Crippen MR) is 110 cm³/mol. The van der Waals surface area contributed by atoms with Gasteiger partial charge in [-0.15, -0.1) is 0 Å². The highest BCUT2D eigenvalue weighted by Gasteiger charge is 2.03. The van der Waals surface area contributed by atoms with Crippen molar-refractivity contribution in [1.82, 2.24) is 5.48 Å². The number of carbonyl (C=O) groups excluding carboxylic acids is 2. The monoisotopic (exact) mass is 392 g/mol. The molecule has 0 spiro atoms. The van der Waals surface area contributed by atoms with Crippen molar-refractivity contribution in [2.45, 2.75) is 0 Å². The molecule has 2 aromatic rings. The molecule has 0 aliphatic rings. The summed E-state index contributed by atoms with van der Waals surface area (Å²) in [6, 6.07) is 12.3. The predicted octanol–water partition coefficient (Wildman–Crippen LogP) is 2.77. The first-order valence-corrected chi connectivity index (χ1v) is 8.49. The van der Waals surface area contributed by atoms with Gasteiger partial charge < -0.3 is 14.8 Å². The van der Waals surface area contributed by atoms with Crippen LogP contribution in [0.2, 0.25) is 0 Å². The molecule has 2 amide bonds. The molecule has 2 rings (SSSR count). The highest BCUT2D eigenvalue weighted by Crippen LogP contribution is 2.27. The van der Waals surface area contributed by atoms with Gasteiger partial charge in [0, 0.05) is 23.4 Å². The van der Waals surface area contributed by atoms with Crippen molar-refractivity contribution >= 4 is 23.6 Å². The van der Waals surface area contributed by atoms with Crippen molar-refractivity contribution in [3.8, 4) is 23.3 Å². The largest absolute Gasteiger partial charge is 0.493 e. The third-order valence-corrected chi connectivity index (χ3v) is 3.61. The van der Waals surface area contributed by atoms with Gasteiger partial charge in [-0.1, -0.05) is 24.0 Å². The van der Waals surface area contributed by atoms with E-state index < -0.39 is 5.91 Å². The maximum Gasteiger partial charge on any atom is 0.267 e. The Morgan fingerprint density at radius 1 is 1.00 bits per heavy atom. The van der Waals surface area contributed by atoms with Crippen LogP contribution in [0.1, 0.15) is 11.1 Å². The number of anilines is 1. The van der Waals surface area contributed by atoms with Gasteiger partial charge in [-0.25, -0.2) is 5.48 Å². The first kappa shape index (κ1) is 21.3. The zero-order valence-electron chi connectivity index (χ0n) is 15.9. The van der Waals surface area contributed by atoms with E-state index in [-0.39, 0.29) is 5.91 Å². The summed E-state index contributed by atoms with van der Waals surface area (Å²) in [4.78, 5) is 23.0. The standard InChI is InChI=1S/C22H20N2O5/c1-28-19-12-10-17(15-20(19)29-2)11-13-21(25)23-18-8-5-7-16(14-18)6-3-4-9-22(26)24-27/h4-5,7-15,27H,1-2H3,(H,23,25)(H,24,26). The van der Waals surface area contributed by atoms with Crippen LogP contribution in [0.4, 0.5) is 5.69 Å². The van der Waals surface area contributed by atoms with E-state index in [2.05, 4.69) is 17.2 Å². The number of carbonyl (C=O) groups is 2. The third-order valence-electron chi connectivity index (χ3n) is 3.61. The number of benzene rings is 2. The number of hydrogen-bond donors (Lipinski definition) is 3. The summed E-state index contributed by atoms with van der Waals surface area (Å²) in [6.45, 7) is 0. The minimum atomic E-state index is -0.665. The Labute approximate surface area is 168 Å². The molecule has 0 saturated carbocycles. The van der Waals surface area contributed by atoms with Gasteiger partial charge in [0.25, 0.3) is 5.91 Å². The fourth-order valence-electron chi connectivity index (χ4n) is 2.27. The lowest BCUT2D eigenvalue weighted by molar-refractivity contribution is -0.124.